The molecule has 1 fully saturated rings. The molecule has 0 unspecified atom stereocenters. The number of aryl methyl sites for hydroxylation is 2. The molecular weight excluding hydrogens is 396 g/mol. The van der Waals surface area contributed by atoms with Crippen molar-refractivity contribution in [2.24, 2.45) is 0 Å². The molecule has 0 atom stereocenters. The lowest BCUT2D eigenvalue weighted by Gasteiger charge is -2.31. The SMILES string of the molecule is CC(C)=CCN1CCC(NC(=O)c2sc3nc4n(c(=O)c3c2C)CCCCC4)CC1. The molecule has 0 aliphatic carbocycles. The van der Waals surface area contributed by atoms with Crippen LogP contribution in [0.5, 0.6) is 0 Å². The van der Waals surface area contributed by atoms with E-state index in [1.165, 1.54) is 16.9 Å². The summed E-state index contributed by atoms with van der Waals surface area (Å²) in [6.45, 7) is 9.85. The van der Waals surface area contributed by atoms with Gasteiger partial charge in [-0.05, 0) is 52.0 Å². The predicted molar refractivity (Wildman–Crippen MR) is 123 cm³/mol. The molecule has 2 aliphatic heterocycles. The minimum Gasteiger partial charge on any atom is -0.349 e. The molecule has 2 aromatic heterocycles. The molecule has 162 valence electrons. The van der Waals surface area contributed by atoms with Crippen molar-refractivity contribution in [2.75, 3.05) is 19.6 Å². The molecule has 0 radical (unpaired) electrons. The second-order valence-electron chi connectivity index (χ2n) is 8.86. The molecule has 0 aromatic carbocycles. The fourth-order valence-corrected chi connectivity index (χ4v) is 5.54. The molecule has 2 aliphatic rings. The smallest absolute Gasteiger partial charge is 0.262 e. The van der Waals surface area contributed by atoms with E-state index in [0.717, 1.165) is 76.1 Å². The largest absolute Gasteiger partial charge is 0.349 e. The number of nitrogens with one attached hydrogen (secondary N) is 1. The first-order valence-electron chi connectivity index (χ1n) is 11.1. The topological polar surface area (TPSA) is 67.2 Å². The van der Waals surface area contributed by atoms with Crippen LogP contribution >= 0.6 is 11.3 Å². The number of allylic oxidation sites excluding steroid dienone is 1. The molecule has 6 nitrogen and oxygen atoms in total. The van der Waals surface area contributed by atoms with Crippen molar-refractivity contribution in [2.45, 2.75) is 71.9 Å². The van der Waals surface area contributed by atoms with Crippen molar-refractivity contribution < 1.29 is 4.79 Å². The fraction of sp³-hybridized carbons (Fsp3) is 0.609. The van der Waals surface area contributed by atoms with E-state index in [4.69, 9.17) is 4.98 Å². The zero-order chi connectivity index (χ0) is 21.3. The van der Waals surface area contributed by atoms with Crippen molar-refractivity contribution in [3.8, 4) is 0 Å². The zero-order valence-electron chi connectivity index (χ0n) is 18.3. The number of rotatable bonds is 4. The molecule has 7 heteroatoms. The van der Waals surface area contributed by atoms with Gasteiger partial charge >= 0.3 is 0 Å². The summed E-state index contributed by atoms with van der Waals surface area (Å²) in [4.78, 5) is 34.7. The van der Waals surface area contributed by atoms with Crippen LogP contribution in [-0.4, -0.2) is 46.0 Å². The van der Waals surface area contributed by atoms with Crippen molar-refractivity contribution in [1.82, 2.24) is 19.8 Å². The van der Waals surface area contributed by atoms with Gasteiger partial charge in [0.05, 0.1) is 10.3 Å². The summed E-state index contributed by atoms with van der Waals surface area (Å²) in [5.74, 6) is 0.819. The summed E-state index contributed by atoms with van der Waals surface area (Å²) in [5, 5.41) is 3.85. The Bertz CT molecular complexity index is 1020. The van der Waals surface area contributed by atoms with Crippen LogP contribution in [0.1, 0.15) is 67.0 Å². The molecule has 0 spiro atoms. The maximum atomic E-state index is 13.1. The second kappa shape index (κ2) is 9.02. The average Bonchev–Trinajstić information content (AvgIpc) is 2.88. The lowest BCUT2D eigenvalue weighted by atomic mass is 10.0. The van der Waals surface area contributed by atoms with Gasteiger partial charge in [-0.25, -0.2) is 4.98 Å². The summed E-state index contributed by atoms with van der Waals surface area (Å²) < 4.78 is 1.83. The van der Waals surface area contributed by atoms with Crippen LogP contribution in [0.15, 0.2) is 16.4 Å². The summed E-state index contributed by atoms with van der Waals surface area (Å²) in [7, 11) is 0. The van der Waals surface area contributed by atoms with Gasteiger partial charge in [0.15, 0.2) is 0 Å². The Hall–Kier alpha value is -1.99. The van der Waals surface area contributed by atoms with Crippen LogP contribution in [0.3, 0.4) is 0 Å². The number of likely N-dealkylation sites (tertiary alicyclic amines) is 1. The minimum atomic E-state index is -0.0576. The Morgan fingerprint density at radius 3 is 2.70 bits per heavy atom. The monoisotopic (exact) mass is 428 g/mol. The van der Waals surface area contributed by atoms with Gasteiger partial charge in [0.1, 0.15) is 10.7 Å². The number of hydrogen-bond donors (Lipinski definition) is 1. The van der Waals surface area contributed by atoms with Crippen LogP contribution in [-0.2, 0) is 13.0 Å². The first kappa shape index (κ1) is 21.2. The minimum absolute atomic E-state index is 0.0253. The van der Waals surface area contributed by atoms with Gasteiger partial charge in [-0.3, -0.25) is 19.1 Å². The molecule has 0 saturated carbocycles. The Kier molecular flexibility index (Phi) is 6.39. The van der Waals surface area contributed by atoms with Crippen LogP contribution in [0.2, 0.25) is 0 Å². The highest BCUT2D eigenvalue weighted by Crippen LogP contribution is 2.28. The van der Waals surface area contributed by atoms with E-state index in [9.17, 15) is 9.59 Å². The second-order valence-corrected chi connectivity index (χ2v) is 9.86. The normalized spacial score (nSPS) is 18.1. The fourth-order valence-electron chi connectivity index (χ4n) is 4.45. The number of thiophene rings is 1. The molecule has 4 rings (SSSR count). The number of carbonyl (C=O) groups excluding carboxylic acids is 1. The third kappa shape index (κ3) is 4.37. The maximum Gasteiger partial charge on any atom is 0.262 e. The Balaban J connectivity index is 1.49. The number of piperidine rings is 1. The molecule has 30 heavy (non-hydrogen) atoms. The number of fused-ring (bicyclic) bond motifs is 2. The van der Waals surface area contributed by atoms with Crippen molar-refractivity contribution >= 4 is 27.5 Å². The van der Waals surface area contributed by atoms with Gasteiger partial charge in [-0.15, -0.1) is 11.3 Å². The molecular formula is C23H32N4O2S. The van der Waals surface area contributed by atoms with Crippen LogP contribution in [0.25, 0.3) is 10.2 Å². The van der Waals surface area contributed by atoms with Gasteiger partial charge in [0.2, 0.25) is 0 Å². The quantitative estimate of drug-likeness (QED) is 0.755. The van der Waals surface area contributed by atoms with E-state index in [2.05, 4.69) is 30.1 Å². The van der Waals surface area contributed by atoms with Crippen molar-refractivity contribution in [3.05, 3.63) is 38.3 Å². The third-order valence-corrected chi connectivity index (χ3v) is 7.48. The van der Waals surface area contributed by atoms with E-state index < -0.39 is 0 Å². The van der Waals surface area contributed by atoms with E-state index in [1.807, 2.05) is 11.5 Å². The van der Waals surface area contributed by atoms with E-state index >= 15 is 0 Å². The van der Waals surface area contributed by atoms with Gasteiger partial charge < -0.3 is 5.32 Å². The first-order chi connectivity index (χ1) is 14.4. The predicted octanol–water partition coefficient (Wildman–Crippen LogP) is 3.65. The Morgan fingerprint density at radius 2 is 1.97 bits per heavy atom. The Labute approximate surface area is 182 Å². The van der Waals surface area contributed by atoms with E-state index in [-0.39, 0.29) is 17.5 Å². The Morgan fingerprint density at radius 1 is 1.20 bits per heavy atom. The number of aromatic nitrogens is 2. The van der Waals surface area contributed by atoms with E-state index in [1.54, 1.807) is 0 Å². The maximum absolute atomic E-state index is 13.1. The van der Waals surface area contributed by atoms with Gasteiger partial charge in [0.25, 0.3) is 11.5 Å². The summed E-state index contributed by atoms with van der Waals surface area (Å²) in [6.07, 6.45) is 8.24. The average molecular weight is 429 g/mol. The molecule has 1 amide bonds. The zero-order valence-corrected chi connectivity index (χ0v) is 19.1. The standard InChI is InChI=1S/C23H32N4O2S/c1-15(2)8-12-26-13-9-17(10-14-26)24-21(28)20-16(3)19-22(30-20)25-18-7-5-4-6-11-27(18)23(19)29/h8,17H,4-7,9-14H2,1-3H3,(H,24,28). The van der Waals surface area contributed by atoms with E-state index in [0.29, 0.717) is 15.1 Å². The highest BCUT2D eigenvalue weighted by atomic mass is 32.1. The van der Waals surface area contributed by atoms with Crippen molar-refractivity contribution in [1.29, 1.82) is 0 Å². The number of carbonyl (C=O) groups is 1. The molecule has 1 N–H and O–H groups in total. The summed E-state index contributed by atoms with van der Waals surface area (Å²) >= 11 is 1.37. The third-order valence-electron chi connectivity index (χ3n) is 6.30. The van der Waals surface area contributed by atoms with Crippen LogP contribution in [0.4, 0.5) is 0 Å². The lowest BCUT2D eigenvalue weighted by Crippen LogP contribution is -2.44. The van der Waals surface area contributed by atoms with Gasteiger partial charge in [0, 0.05) is 38.6 Å². The molecule has 2 aromatic rings. The number of hydrogen-bond acceptors (Lipinski definition) is 5. The number of nitrogens with zero attached hydrogens (tertiary/aromatic N) is 3. The van der Waals surface area contributed by atoms with Gasteiger partial charge in [-0.2, -0.15) is 0 Å². The highest BCUT2D eigenvalue weighted by molar-refractivity contribution is 7.20. The number of amides is 1. The summed E-state index contributed by atoms with van der Waals surface area (Å²) in [6, 6.07) is 0.191. The van der Waals surface area contributed by atoms with Crippen molar-refractivity contribution in [3.63, 3.8) is 0 Å². The first-order valence-corrected chi connectivity index (χ1v) is 11.9. The molecule has 4 heterocycles. The van der Waals surface area contributed by atoms with Crippen LogP contribution < -0.4 is 10.9 Å². The molecule has 1 saturated heterocycles. The summed E-state index contributed by atoms with van der Waals surface area (Å²) in [5.41, 5.74) is 2.15. The highest BCUT2D eigenvalue weighted by Gasteiger charge is 2.25. The van der Waals surface area contributed by atoms with Gasteiger partial charge in [-0.1, -0.05) is 18.1 Å². The lowest BCUT2D eigenvalue weighted by molar-refractivity contribution is 0.0917. The molecule has 0 bridgehead atoms. The van der Waals surface area contributed by atoms with Crippen LogP contribution in [0, 0.1) is 6.92 Å².